The highest BCUT2D eigenvalue weighted by Crippen LogP contribution is 2.29. The highest BCUT2D eigenvalue weighted by Gasteiger charge is 2.14. The van der Waals surface area contributed by atoms with Crippen molar-refractivity contribution in [3.8, 4) is 0 Å². The number of esters is 1. The first-order valence-electron chi connectivity index (χ1n) is 5.45. The molecule has 0 bridgehead atoms. The van der Waals surface area contributed by atoms with Gasteiger partial charge in [0, 0.05) is 11.6 Å². The third-order valence-corrected chi connectivity index (χ3v) is 3.53. The van der Waals surface area contributed by atoms with Crippen LogP contribution in [-0.4, -0.2) is 23.0 Å². The average Bonchev–Trinajstić information content (AvgIpc) is 2.80. The average molecular weight is 323 g/mol. The van der Waals surface area contributed by atoms with Crippen molar-refractivity contribution < 1.29 is 13.9 Å². The Morgan fingerprint density at radius 1 is 1.47 bits per heavy atom. The second kappa shape index (κ2) is 4.31. The molecule has 3 rings (SSSR count). The summed E-state index contributed by atoms with van der Waals surface area (Å²) in [6.45, 7) is 0. The number of methoxy groups -OCH3 is 1. The van der Waals surface area contributed by atoms with Gasteiger partial charge in [-0.3, -0.25) is 4.98 Å². The second-order valence-corrected chi connectivity index (χ2v) is 4.88. The largest absolute Gasteiger partial charge is 0.465 e. The Morgan fingerprint density at radius 3 is 3.00 bits per heavy atom. The number of halogens is 2. The predicted octanol–water partition coefficient (Wildman–Crippen LogP) is 3.40. The summed E-state index contributed by atoms with van der Waals surface area (Å²) >= 11 is 3.13. The molecule has 96 valence electrons. The zero-order chi connectivity index (χ0) is 13.6. The molecule has 0 aliphatic carbocycles. The maximum atomic E-state index is 14.0. The zero-order valence-corrected chi connectivity index (χ0v) is 11.4. The van der Waals surface area contributed by atoms with Gasteiger partial charge in [0.25, 0.3) is 0 Å². The monoisotopic (exact) mass is 322 g/mol. The fourth-order valence-corrected chi connectivity index (χ4v) is 2.34. The Morgan fingerprint density at radius 2 is 2.26 bits per heavy atom. The molecule has 6 heteroatoms. The van der Waals surface area contributed by atoms with Crippen molar-refractivity contribution in [3.63, 3.8) is 0 Å². The number of aromatic nitrogens is 2. The number of nitrogens with zero attached hydrogens (tertiary/aromatic N) is 1. The molecule has 1 N–H and O–H groups in total. The van der Waals surface area contributed by atoms with Crippen LogP contribution in [0.4, 0.5) is 4.39 Å². The van der Waals surface area contributed by atoms with Crippen LogP contribution in [0.2, 0.25) is 0 Å². The molecule has 3 aromatic rings. The Hall–Kier alpha value is -1.95. The van der Waals surface area contributed by atoms with Crippen molar-refractivity contribution in [2.24, 2.45) is 0 Å². The van der Waals surface area contributed by atoms with E-state index in [2.05, 4.69) is 30.6 Å². The van der Waals surface area contributed by atoms with Crippen LogP contribution in [0.15, 0.2) is 28.9 Å². The molecule has 2 heterocycles. The van der Waals surface area contributed by atoms with E-state index < -0.39 is 5.97 Å². The molecule has 0 spiro atoms. The smallest absolute Gasteiger partial charge is 0.339 e. The molecule has 0 fully saturated rings. The lowest BCUT2D eigenvalue weighted by molar-refractivity contribution is 0.0600. The van der Waals surface area contributed by atoms with E-state index in [1.165, 1.54) is 13.3 Å². The van der Waals surface area contributed by atoms with Crippen LogP contribution < -0.4 is 0 Å². The van der Waals surface area contributed by atoms with Crippen molar-refractivity contribution in [1.82, 2.24) is 9.97 Å². The van der Waals surface area contributed by atoms with Gasteiger partial charge in [-0.15, -0.1) is 0 Å². The molecule has 0 unspecified atom stereocenters. The van der Waals surface area contributed by atoms with Crippen LogP contribution in [0.5, 0.6) is 0 Å². The summed E-state index contributed by atoms with van der Waals surface area (Å²) < 4.78 is 19.0. The van der Waals surface area contributed by atoms with Gasteiger partial charge in [-0.2, -0.15) is 0 Å². The molecule has 19 heavy (non-hydrogen) atoms. The van der Waals surface area contributed by atoms with E-state index >= 15 is 0 Å². The second-order valence-electron chi connectivity index (χ2n) is 4.02. The predicted molar refractivity (Wildman–Crippen MR) is 72.6 cm³/mol. The number of pyridine rings is 1. The number of benzene rings is 1. The van der Waals surface area contributed by atoms with E-state index in [1.807, 2.05) is 0 Å². The summed E-state index contributed by atoms with van der Waals surface area (Å²) in [6, 6.07) is 4.99. The third-order valence-electron chi connectivity index (χ3n) is 2.92. The number of aromatic amines is 1. The van der Waals surface area contributed by atoms with Gasteiger partial charge < -0.3 is 9.72 Å². The molecule has 1 aromatic carbocycles. The number of hydrogen-bond acceptors (Lipinski definition) is 3. The van der Waals surface area contributed by atoms with Crippen LogP contribution in [0.3, 0.4) is 0 Å². The number of H-pyrrole nitrogens is 1. The summed E-state index contributed by atoms with van der Waals surface area (Å²) in [7, 11) is 1.30. The Bertz CT molecular complexity index is 813. The Labute approximate surface area is 115 Å². The summed E-state index contributed by atoms with van der Waals surface area (Å²) in [5, 5.41) is 0.673. The first kappa shape index (κ1) is 12.1. The van der Waals surface area contributed by atoms with Crippen LogP contribution >= 0.6 is 15.9 Å². The highest BCUT2D eigenvalue weighted by molar-refractivity contribution is 9.10. The molecule has 0 saturated heterocycles. The number of carbonyl (C=O) groups excluding carboxylic acids is 1. The molecule has 0 aliphatic heterocycles. The molecular weight excluding hydrogens is 315 g/mol. The van der Waals surface area contributed by atoms with E-state index in [1.54, 1.807) is 18.2 Å². The quantitative estimate of drug-likeness (QED) is 0.698. The van der Waals surface area contributed by atoms with E-state index in [-0.39, 0.29) is 5.82 Å². The molecule has 0 saturated carbocycles. The summed E-state index contributed by atoms with van der Waals surface area (Å²) in [6.07, 6.45) is 1.42. The minimum absolute atomic E-state index is 0.320. The van der Waals surface area contributed by atoms with Gasteiger partial charge in [-0.05, 0) is 34.1 Å². The molecule has 0 aliphatic rings. The number of ether oxygens (including phenoxy) is 1. The van der Waals surface area contributed by atoms with E-state index in [9.17, 15) is 9.18 Å². The molecule has 4 nitrogen and oxygen atoms in total. The van der Waals surface area contributed by atoms with Gasteiger partial charge in [0.2, 0.25) is 0 Å². The molecule has 2 aromatic heterocycles. The van der Waals surface area contributed by atoms with Crippen molar-refractivity contribution >= 4 is 43.8 Å². The summed E-state index contributed by atoms with van der Waals surface area (Å²) in [5.41, 5.74) is 1.89. The number of rotatable bonds is 1. The fourth-order valence-electron chi connectivity index (χ4n) is 2.01. The fraction of sp³-hybridized carbons (Fsp3) is 0.0769. The van der Waals surface area contributed by atoms with Crippen molar-refractivity contribution in [2.75, 3.05) is 7.11 Å². The van der Waals surface area contributed by atoms with Crippen molar-refractivity contribution in [2.45, 2.75) is 0 Å². The van der Waals surface area contributed by atoms with Gasteiger partial charge in [-0.1, -0.05) is 0 Å². The van der Waals surface area contributed by atoms with Crippen LogP contribution in [0.1, 0.15) is 10.4 Å². The van der Waals surface area contributed by atoms with Gasteiger partial charge in [-0.25, -0.2) is 9.18 Å². The molecule has 0 radical (unpaired) electrons. The normalized spacial score (nSPS) is 11.1. The number of carbonyl (C=O) groups is 1. The Kier molecular flexibility index (Phi) is 2.74. The van der Waals surface area contributed by atoms with E-state index in [0.717, 1.165) is 0 Å². The topological polar surface area (TPSA) is 55.0 Å². The first-order chi connectivity index (χ1) is 9.11. The summed E-state index contributed by atoms with van der Waals surface area (Å²) in [4.78, 5) is 18.6. The molecular formula is C13H8BrFN2O2. The maximum absolute atomic E-state index is 14.0. The highest BCUT2D eigenvalue weighted by atomic mass is 79.9. The lowest BCUT2D eigenvalue weighted by Crippen LogP contribution is -2.01. The van der Waals surface area contributed by atoms with Crippen LogP contribution in [0.25, 0.3) is 21.9 Å². The molecule has 0 amide bonds. The number of nitrogens with one attached hydrogen (secondary N) is 1. The standard InChI is InChI=1S/C13H8BrFN2O2/c1-19-13(18)6-4-9-11(16-5-6)7-2-3-8(14)10(15)12(7)17-9/h2-5,17H,1H3. The number of fused-ring (bicyclic) bond motifs is 3. The van der Waals surface area contributed by atoms with Crippen molar-refractivity contribution in [3.05, 3.63) is 40.2 Å². The summed E-state index contributed by atoms with van der Waals surface area (Å²) in [5.74, 6) is -0.857. The van der Waals surface area contributed by atoms with Gasteiger partial charge in [0.15, 0.2) is 5.82 Å². The lowest BCUT2D eigenvalue weighted by Gasteiger charge is -1.98. The number of hydrogen-bond donors (Lipinski definition) is 1. The Balaban J connectivity index is 2.34. The van der Waals surface area contributed by atoms with Gasteiger partial charge >= 0.3 is 5.97 Å². The maximum Gasteiger partial charge on any atom is 0.339 e. The van der Waals surface area contributed by atoms with Crippen molar-refractivity contribution in [1.29, 1.82) is 0 Å². The first-order valence-corrected chi connectivity index (χ1v) is 6.25. The minimum Gasteiger partial charge on any atom is -0.465 e. The zero-order valence-electron chi connectivity index (χ0n) is 9.83. The van der Waals surface area contributed by atoms with E-state index in [4.69, 9.17) is 0 Å². The third kappa shape index (κ3) is 1.79. The SMILES string of the molecule is COC(=O)c1cnc2c(c1)[nH]c1c(F)c(Br)ccc12. The van der Waals surface area contributed by atoms with E-state index in [0.29, 0.717) is 32.0 Å². The minimum atomic E-state index is -0.477. The lowest BCUT2D eigenvalue weighted by atomic mass is 10.2. The van der Waals surface area contributed by atoms with Gasteiger partial charge in [0.1, 0.15) is 0 Å². The molecule has 0 atom stereocenters. The van der Waals surface area contributed by atoms with Gasteiger partial charge in [0.05, 0.1) is 33.7 Å². The van der Waals surface area contributed by atoms with Crippen LogP contribution in [0, 0.1) is 5.82 Å². The van der Waals surface area contributed by atoms with Crippen LogP contribution in [-0.2, 0) is 4.74 Å².